The Balaban J connectivity index is 2.03. The molecular formula is C13H26N2OS. The van der Waals surface area contributed by atoms with Gasteiger partial charge in [0, 0.05) is 22.9 Å². The minimum absolute atomic E-state index is 0.180. The summed E-state index contributed by atoms with van der Waals surface area (Å²) in [6.07, 6.45) is 5.13. The van der Waals surface area contributed by atoms with Crippen LogP contribution in [0.1, 0.15) is 53.4 Å². The Labute approximate surface area is 109 Å². The molecule has 3 nitrogen and oxygen atoms in total. The number of hydrogen-bond acceptors (Lipinski definition) is 3. The molecule has 0 saturated carbocycles. The van der Waals surface area contributed by atoms with E-state index in [1.807, 2.05) is 20.8 Å². The SMILES string of the molecule is CC(N[S+]([O-])C(C)(C)C)C12CCC(CC1)N2C. The standard InChI is InChI=1S/C13H26N2OS/c1-10(14-17(16)12(2,3)4)13-8-6-11(7-9-13)15(13)5/h10-11,14H,6-9H2,1-5H3. The largest absolute Gasteiger partial charge is 0.598 e. The summed E-state index contributed by atoms with van der Waals surface area (Å²) in [5, 5.41) is 0. The van der Waals surface area contributed by atoms with Crippen molar-refractivity contribution in [3.63, 3.8) is 0 Å². The Morgan fingerprint density at radius 1 is 1.35 bits per heavy atom. The van der Waals surface area contributed by atoms with Gasteiger partial charge < -0.3 is 4.55 Å². The van der Waals surface area contributed by atoms with Crippen molar-refractivity contribution in [2.24, 2.45) is 0 Å². The van der Waals surface area contributed by atoms with E-state index < -0.39 is 11.4 Å². The zero-order valence-electron chi connectivity index (χ0n) is 11.7. The van der Waals surface area contributed by atoms with E-state index in [1.165, 1.54) is 25.7 Å². The molecule has 2 bridgehead atoms. The zero-order valence-corrected chi connectivity index (χ0v) is 12.6. The molecule has 17 heavy (non-hydrogen) atoms. The lowest BCUT2D eigenvalue weighted by Gasteiger charge is -2.39. The Hall–Kier alpha value is 0.230. The fourth-order valence-electron chi connectivity index (χ4n) is 3.39. The molecule has 0 aromatic rings. The highest BCUT2D eigenvalue weighted by molar-refractivity contribution is 7.90. The summed E-state index contributed by atoms with van der Waals surface area (Å²) in [6, 6.07) is 1.07. The minimum Gasteiger partial charge on any atom is -0.598 e. The van der Waals surface area contributed by atoms with E-state index in [-0.39, 0.29) is 10.3 Å². The van der Waals surface area contributed by atoms with E-state index in [0.29, 0.717) is 6.04 Å². The van der Waals surface area contributed by atoms with Crippen molar-refractivity contribution in [2.75, 3.05) is 7.05 Å². The maximum Gasteiger partial charge on any atom is 0.136 e. The van der Waals surface area contributed by atoms with Gasteiger partial charge in [-0.15, -0.1) is 4.72 Å². The lowest BCUT2D eigenvalue weighted by Crippen LogP contribution is -2.57. The monoisotopic (exact) mass is 258 g/mol. The molecule has 100 valence electrons. The first-order chi connectivity index (χ1) is 7.77. The smallest absolute Gasteiger partial charge is 0.136 e. The molecule has 2 rings (SSSR count). The second-order valence-corrected chi connectivity index (χ2v) is 8.66. The summed E-state index contributed by atoms with van der Waals surface area (Å²) in [6.45, 7) is 8.27. The Morgan fingerprint density at radius 2 is 1.88 bits per heavy atom. The molecule has 2 atom stereocenters. The molecule has 2 saturated heterocycles. The van der Waals surface area contributed by atoms with Crippen LogP contribution in [0.25, 0.3) is 0 Å². The number of fused-ring (bicyclic) bond motifs is 2. The molecule has 0 radical (unpaired) electrons. The number of nitrogens with zero attached hydrogens (tertiary/aromatic N) is 1. The molecule has 2 heterocycles. The molecule has 2 unspecified atom stereocenters. The summed E-state index contributed by atoms with van der Waals surface area (Å²) in [5.74, 6) is 0. The van der Waals surface area contributed by atoms with Gasteiger partial charge in [-0.1, -0.05) is 0 Å². The molecule has 0 aromatic heterocycles. The number of likely N-dealkylation sites (N-methyl/N-ethyl adjacent to an activating group) is 1. The second-order valence-electron chi connectivity index (χ2n) is 6.67. The van der Waals surface area contributed by atoms with Crippen molar-refractivity contribution < 1.29 is 4.55 Å². The summed E-state index contributed by atoms with van der Waals surface area (Å²) in [5.41, 5.74) is 0.256. The average molecular weight is 258 g/mol. The third-order valence-corrected chi connectivity index (χ3v) is 6.40. The Bertz CT molecular complexity index is 282. The van der Waals surface area contributed by atoms with Crippen LogP contribution < -0.4 is 4.72 Å². The predicted molar refractivity (Wildman–Crippen MR) is 73.2 cm³/mol. The third kappa shape index (κ3) is 2.25. The van der Waals surface area contributed by atoms with Gasteiger partial charge in [-0.3, -0.25) is 4.90 Å². The molecule has 0 spiro atoms. The Morgan fingerprint density at radius 3 is 2.24 bits per heavy atom. The molecule has 2 aliphatic rings. The average Bonchev–Trinajstić information content (AvgIpc) is 2.72. The summed E-state index contributed by atoms with van der Waals surface area (Å²) < 4.78 is 15.4. The van der Waals surface area contributed by atoms with Crippen LogP contribution in [0.15, 0.2) is 0 Å². The quantitative estimate of drug-likeness (QED) is 0.788. The van der Waals surface area contributed by atoms with Crippen molar-refractivity contribution in [3.05, 3.63) is 0 Å². The van der Waals surface area contributed by atoms with Crippen LogP contribution >= 0.6 is 0 Å². The van der Waals surface area contributed by atoms with E-state index in [2.05, 4.69) is 23.6 Å². The van der Waals surface area contributed by atoms with Gasteiger partial charge in [0.05, 0.1) is 6.04 Å². The van der Waals surface area contributed by atoms with Gasteiger partial charge in [-0.05, 0) is 60.4 Å². The summed E-state index contributed by atoms with van der Waals surface area (Å²) in [7, 11) is 2.24. The fourth-order valence-corrected chi connectivity index (χ4v) is 4.29. The van der Waals surface area contributed by atoms with Crippen LogP contribution in [0, 0.1) is 0 Å². The fraction of sp³-hybridized carbons (Fsp3) is 1.00. The van der Waals surface area contributed by atoms with Crippen LogP contribution in [0.4, 0.5) is 0 Å². The molecule has 2 aliphatic heterocycles. The van der Waals surface area contributed by atoms with Crippen molar-refractivity contribution in [1.82, 2.24) is 9.62 Å². The predicted octanol–water partition coefficient (Wildman–Crippen LogP) is 2.05. The van der Waals surface area contributed by atoms with Gasteiger partial charge in [0.25, 0.3) is 0 Å². The van der Waals surface area contributed by atoms with E-state index in [1.54, 1.807) is 0 Å². The van der Waals surface area contributed by atoms with Crippen molar-refractivity contribution in [1.29, 1.82) is 0 Å². The van der Waals surface area contributed by atoms with E-state index >= 15 is 0 Å². The van der Waals surface area contributed by atoms with Crippen LogP contribution in [-0.2, 0) is 11.4 Å². The molecule has 0 aromatic carbocycles. The topological polar surface area (TPSA) is 38.3 Å². The van der Waals surface area contributed by atoms with Crippen molar-refractivity contribution in [2.45, 2.75) is 75.7 Å². The molecule has 0 amide bonds. The van der Waals surface area contributed by atoms with E-state index in [0.717, 1.165) is 6.04 Å². The van der Waals surface area contributed by atoms with Gasteiger partial charge in [0.15, 0.2) is 0 Å². The van der Waals surface area contributed by atoms with Crippen LogP contribution in [0.5, 0.6) is 0 Å². The zero-order chi connectivity index (χ0) is 12.8. The summed E-state index contributed by atoms with van der Waals surface area (Å²) in [4.78, 5) is 2.53. The molecule has 0 aliphatic carbocycles. The first-order valence-electron chi connectivity index (χ1n) is 6.68. The molecule has 1 N–H and O–H groups in total. The van der Waals surface area contributed by atoms with Crippen LogP contribution in [0.3, 0.4) is 0 Å². The lowest BCUT2D eigenvalue weighted by atomic mass is 9.83. The molecule has 2 fully saturated rings. The van der Waals surface area contributed by atoms with E-state index in [4.69, 9.17) is 0 Å². The maximum absolute atomic E-state index is 12.2. The lowest BCUT2D eigenvalue weighted by molar-refractivity contribution is 0.156. The Kier molecular flexibility index (Phi) is 3.54. The van der Waals surface area contributed by atoms with Gasteiger partial charge in [-0.25, -0.2) is 0 Å². The van der Waals surface area contributed by atoms with Crippen molar-refractivity contribution in [3.8, 4) is 0 Å². The first kappa shape index (κ1) is 13.7. The second kappa shape index (κ2) is 4.41. The first-order valence-corrected chi connectivity index (χ1v) is 7.83. The van der Waals surface area contributed by atoms with Gasteiger partial charge in [0.1, 0.15) is 4.75 Å². The van der Waals surface area contributed by atoms with Gasteiger partial charge in [-0.2, -0.15) is 0 Å². The minimum atomic E-state index is -0.964. The highest BCUT2D eigenvalue weighted by Crippen LogP contribution is 2.47. The van der Waals surface area contributed by atoms with Crippen LogP contribution in [-0.4, -0.2) is 38.9 Å². The van der Waals surface area contributed by atoms with Crippen molar-refractivity contribution >= 4 is 11.4 Å². The van der Waals surface area contributed by atoms with Gasteiger partial charge in [0.2, 0.25) is 0 Å². The number of hydrogen-bond donors (Lipinski definition) is 1. The normalized spacial score (nSPS) is 37.4. The maximum atomic E-state index is 12.2. The summed E-state index contributed by atoms with van der Waals surface area (Å²) >= 11 is -0.964. The van der Waals surface area contributed by atoms with Crippen LogP contribution in [0.2, 0.25) is 0 Å². The highest BCUT2D eigenvalue weighted by atomic mass is 32.2. The molecule has 4 heteroatoms. The number of nitrogens with one attached hydrogen (secondary N) is 1. The number of rotatable bonds is 3. The highest BCUT2D eigenvalue weighted by Gasteiger charge is 2.53. The third-order valence-electron chi connectivity index (χ3n) is 4.72. The van der Waals surface area contributed by atoms with E-state index in [9.17, 15) is 4.55 Å². The van der Waals surface area contributed by atoms with Gasteiger partial charge >= 0.3 is 0 Å². The molecular weight excluding hydrogens is 232 g/mol.